The van der Waals surface area contributed by atoms with Gasteiger partial charge < -0.3 is 19.1 Å². The Morgan fingerprint density at radius 2 is 1.67 bits per heavy atom. The standard InChI is InChI=1S/C21H32N2O4/c1-2-13-25-19-15-20(16-19)26-14-12-22-8-10-23(11-9-22)21(24)27-17-18-6-4-3-5-7-18/h3-7,19-20H,2,8-17H2,1H3. The average Bonchev–Trinajstić information content (AvgIpc) is 2.68. The van der Waals surface area contributed by atoms with Crippen LogP contribution in [0.1, 0.15) is 31.7 Å². The van der Waals surface area contributed by atoms with E-state index in [0.717, 1.165) is 57.7 Å². The number of amides is 1. The van der Waals surface area contributed by atoms with Crippen LogP contribution in [-0.2, 0) is 20.8 Å². The number of hydrogen-bond acceptors (Lipinski definition) is 5. The van der Waals surface area contributed by atoms with E-state index in [4.69, 9.17) is 14.2 Å². The van der Waals surface area contributed by atoms with Crippen LogP contribution >= 0.6 is 0 Å². The normalized spacial score (nSPS) is 23.1. The number of carbonyl (C=O) groups is 1. The molecule has 1 aromatic carbocycles. The molecule has 0 spiro atoms. The van der Waals surface area contributed by atoms with E-state index in [1.54, 1.807) is 4.90 Å². The van der Waals surface area contributed by atoms with Gasteiger partial charge in [0, 0.05) is 39.3 Å². The van der Waals surface area contributed by atoms with E-state index in [-0.39, 0.29) is 6.09 Å². The van der Waals surface area contributed by atoms with Crippen LogP contribution in [0.4, 0.5) is 4.79 Å². The van der Waals surface area contributed by atoms with E-state index in [9.17, 15) is 4.79 Å². The van der Waals surface area contributed by atoms with Crippen molar-refractivity contribution in [1.82, 2.24) is 9.80 Å². The molecule has 6 heteroatoms. The molecule has 150 valence electrons. The third kappa shape index (κ3) is 6.48. The molecule has 1 saturated carbocycles. The number of ether oxygens (including phenoxy) is 3. The maximum Gasteiger partial charge on any atom is 0.410 e. The Morgan fingerprint density at radius 3 is 2.33 bits per heavy atom. The van der Waals surface area contributed by atoms with Crippen LogP contribution in [0, 0.1) is 0 Å². The van der Waals surface area contributed by atoms with Crippen molar-refractivity contribution in [3.8, 4) is 0 Å². The highest BCUT2D eigenvalue weighted by molar-refractivity contribution is 5.67. The first-order valence-electron chi connectivity index (χ1n) is 10.2. The summed E-state index contributed by atoms with van der Waals surface area (Å²) in [6.45, 7) is 8.16. The van der Waals surface area contributed by atoms with E-state index >= 15 is 0 Å². The van der Waals surface area contributed by atoms with Crippen LogP contribution in [0.15, 0.2) is 30.3 Å². The van der Waals surface area contributed by atoms with Gasteiger partial charge in [-0.25, -0.2) is 4.79 Å². The summed E-state index contributed by atoms with van der Waals surface area (Å²) in [5.74, 6) is 0. The molecule has 0 radical (unpaired) electrons. The maximum atomic E-state index is 12.2. The predicted octanol–water partition coefficient (Wildman–Crippen LogP) is 2.92. The molecule has 0 atom stereocenters. The topological polar surface area (TPSA) is 51.2 Å². The van der Waals surface area contributed by atoms with Crippen LogP contribution < -0.4 is 0 Å². The van der Waals surface area contributed by atoms with Crippen molar-refractivity contribution in [3.63, 3.8) is 0 Å². The Labute approximate surface area is 162 Å². The summed E-state index contributed by atoms with van der Waals surface area (Å²) in [5.41, 5.74) is 1.01. The molecule has 1 aromatic rings. The third-order valence-electron chi connectivity index (χ3n) is 5.21. The molecule has 0 bridgehead atoms. The lowest BCUT2D eigenvalue weighted by molar-refractivity contribution is -0.104. The Hall–Kier alpha value is -1.63. The van der Waals surface area contributed by atoms with E-state index in [2.05, 4.69) is 11.8 Å². The van der Waals surface area contributed by atoms with Crippen molar-refractivity contribution >= 4 is 6.09 Å². The van der Waals surface area contributed by atoms with Gasteiger partial charge in [0.25, 0.3) is 0 Å². The highest BCUT2D eigenvalue weighted by Crippen LogP contribution is 2.26. The predicted molar refractivity (Wildman–Crippen MR) is 104 cm³/mol. The number of hydrogen-bond donors (Lipinski definition) is 0. The Morgan fingerprint density at radius 1 is 1.00 bits per heavy atom. The van der Waals surface area contributed by atoms with E-state index in [1.165, 1.54) is 0 Å². The molecule has 1 heterocycles. The van der Waals surface area contributed by atoms with Gasteiger partial charge in [0.1, 0.15) is 6.61 Å². The molecule has 0 N–H and O–H groups in total. The second-order valence-corrected chi connectivity index (χ2v) is 7.33. The first kappa shape index (κ1) is 20.1. The van der Waals surface area contributed by atoms with Crippen LogP contribution in [0.5, 0.6) is 0 Å². The molecule has 1 aliphatic carbocycles. The fourth-order valence-electron chi connectivity index (χ4n) is 3.39. The number of benzene rings is 1. The molecular weight excluding hydrogens is 344 g/mol. The molecule has 1 aliphatic heterocycles. The molecule has 3 rings (SSSR count). The van der Waals surface area contributed by atoms with Crippen molar-refractivity contribution in [2.75, 3.05) is 45.9 Å². The van der Waals surface area contributed by atoms with Gasteiger partial charge in [-0.05, 0) is 24.8 Å². The highest BCUT2D eigenvalue weighted by Gasteiger charge is 2.30. The summed E-state index contributed by atoms with van der Waals surface area (Å²) >= 11 is 0. The van der Waals surface area contributed by atoms with Crippen LogP contribution in [0.3, 0.4) is 0 Å². The molecular formula is C21H32N2O4. The largest absolute Gasteiger partial charge is 0.445 e. The second-order valence-electron chi connectivity index (χ2n) is 7.33. The minimum absolute atomic E-state index is 0.220. The van der Waals surface area contributed by atoms with Crippen molar-refractivity contribution in [2.45, 2.75) is 45.0 Å². The highest BCUT2D eigenvalue weighted by atomic mass is 16.6. The number of nitrogens with zero attached hydrogens (tertiary/aromatic N) is 2. The van der Waals surface area contributed by atoms with Crippen LogP contribution in [-0.4, -0.2) is 74.0 Å². The second kappa shape index (κ2) is 10.6. The zero-order chi connectivity index (χ0) is 18.9. The molecule has 1 saturated heterocycles. The summed E-state index contributed by atoms with van der Waals surface area (Å²) < 4.78 is 17.0. The number of rotatable bonds is 9. The molecule has 27 heavy (non-hydrogen) atoms. The van der Waals surface area contributed by atoms with Gasteiger partial charge in [-0.3, -0.25) is 4.90 Å². The van der Waals surface area contributed by atoms with Crippen LogP contribution in [0.2, 0.25) is 0 Å². The molecule has 2 fully saturated rings. The lowest BCUT2D eigenvalue weighted by Crippen LogP contribution is -2.49. The van der Waals surface area contributed by atoms with Gasteiger partial charge in [0.05, 0.1) is 18.8 Å². The van der Waals surface area contributed by atoms with Crippen molar-refractivity contribution < 1.29 is 19.0 Å². The zero-order valence-electron chi connectivity index (χ0n) is 16.3. The monoisotopic (exact) mass is 376 g/mol. The maximum absolute atomic E-state index is 12.2. The summed E-state index contributed by atoms with van der Waals surface area (Å²) in [4.78, 5) is 16.3. The Bertz CT molecular complexity index is 555. The summed E-state index contributed by atoms with van der Waals surface area (Å²) in [6, 6.07) is 9.78. The fraction of sp³-hybridized carbons (Fsp3) is 0.667. The smallest absolute Gasteiger partial charge is 0.410 e. The zero-order valence-corrected chi connectivity index (χ0v) is 16.3. The molecule has 0 unspecified atom stereocenters. The third-order valence-corrected chi connectivity index (χ3v) is 5.21. The number of piperazine rings is 1. The number of carbonyl (C=O) groups excluding carboxylic acids is 1. The van der Waals surface area contributed by atoms with Gasteiger partial charge in [-0.1, -0.05) is 37.3 Å². The minimum atomic E-state index is -0.220. The lowest BCUT2D eigenvalue weighted by atomic mass is 9.92. The van der Waals surface area contributed by atoms with E-state index in [0.29, 0.717) is 31.9 Å². The van der Waals surface area contributed by atoms with Gasteiger partial charge in [-0.15, -0.1) is 0 Å². The van der Waals surface area contributed by atoms with Gasteiger partial charge in [0.15, 0.2) is 0 Å². The Balaban J connectivity index is 1.23. The first-order chi connectivity index (χ1) is 13.2. The molecule has 1 amide bonds. The van der Waals surface area contributed by atoms with Crippen molar-refractivity contribution in [2.24, 2.45) is 0 Å². The summed E-state index contributed by atoms with van der Waals surface area (Å²) in [7, 11) is 0. The molecule has 2 aliphatic rings. The quantitative estimate of drug-likeness (QED) is 0.663. The van der Waals surface area contributed by atoms with E-state index in [1.807, 2.05) is 30.3 Å². The van der Waals surface area contributed by atoms with Crippen LogP contribution in [0.25, 0.3) is 0 Å². The summed E-state index contributed by atoms with van der Waals surface area (Å²) in [6.07, 6.45) is 3.68. The first-order valence-corrected chi connectivity index (χ1v) is 10.2. The minimum Gasteiger partial charge on any atom is -0.445 e. The van der Waals surface area contributed by atoms with E-state index < -0.39 is 0 Å². The van der Waals surface area contributed by atoms with Gasteiger partial charge in [-0.2, -0.15) is 0 Å². The fourth-order valence-corrected chi connectivity index (χ4v) is 3.39. The Kier molecular flexibility index (Phi) is 7.93. The molecule has 6 nitrogen and oxygen atoms in total. The summed E-state index contributed by atoms with van der Waals surface area (Å²) in [5, 5.41) is 0. The van der Waals surface area contributed by atoms with Gasteiger partial charge in [0.2, 0.25) is 0 Å². The molecule has 0 aromatic heterocycles. The van der Waals surface area contributed by atoms with Crippen molar-refractivity contribution in [1.29, 1.82) is 0 Å². The average molecular weight is 376 g/mol. The SMILES string of the molecule is CCCOC1CC(OCCN2CCN(C(=O)OCc3ccccc3)CC2)C1. The van der Waals surface area contributed by atoms with Crippen molar-refractivity contribution in [3.05, 3.63) is 35.9 Å². The lowest BCUT2D eigenvalue weighted by Gasteiger charge is -2.37. The van der Waals surface area contributed by atoms with Gasteiger partial charge >= 0.3 is 6.09 Å².